The van der Waals surface area contributed by atoms with E-state index in [0.29, 0.717) is 25.2 Å². The van der Waals surface area contributed by atoms with E-state index in [0.717, 1.165) is 23.9 Å². The minimum absolute atomic E-state index is 0.000225. The van der Waals surface area contributed by atoms with Gasteiger partial charge in [0.15, 0.2) is 5.16 Å². The van der Waals surface area contributed by atoms with Gasteiger partial charge in [-0.25, -0.2) is 4.39 Å². The van der Waals surface area contributed by atoms with E-state index in [9.17, 15) is 23.9 Å². The molecule has 34 heavy (non-hydrogen) atoms. The number of aromatic hydroxyl groups is 1. The van der Waals surface area contributed by atoms with Gasteiger partial charge in [-0.2, -0.15) is 4.98 Å². The van der Waals surface area contributed by atoms with E-state index < -0.39 is 11.4 Å². The minimum Gasteiger partial charge on any atom is -0.493 e. The molecular weight excluding hydrogens is 459 g/mol. The molecule has 176 valence electrons. The van der Waals surface area contributed by atoms with Crippen molar-refractivity contribution in [1.82, 2.24) is 19.4 Å². The normalized spacial score (nSPS) is 19.0. The van der Waals surface area contributed by atoms with E-state index in [4.69, 9.17) is 0 Å². The van der Waals surface area contributed by atoms with Gasteiger partial charge in [0.2, 0.25) is 11.8 Å². The quantitative estimate of drug-likeness (QED) is 0.426. The molecule has 1 saturated heterocycles. The molecule has 1 amide bonds. The van der Waals surface area contributed by atoms with Crippen molar-refractivity contribution >= 4 is 17.7 Å². The van der Waals surface area contributed by atoms with E-state index in [2.05, 4.69) is 9.97 Å². The summed E-state index contributed by atoms with van der Waals surface area (Å²) in [5.74, 6) is -0.440. The van der Waals surface area contributed by atoms with Crippen LogP contribution in [0.4, 0.5) is 4.39 Å². The van der Waals surface area contributed by atoms with Gasteiger partial charge < -0.3 is 19.6 Å². The summed E-state index contributed by atoms with van der Waals surface area (Å²) in [5.41, 5.74) is 1.22. The predicted molar refractivity (Wildman–Crippen MR) is 125 cm³/mol. The minimum atomic E-state index is -0.499. The Morgan fingerprint density at radius 2 is 1.94 bits per heavy atom. The molecule has 3 aromatic rings. The third-order valence-corrected chi connectivity index (χ3v) is 7.29. The first kappa shape index (κ1) is 22.4. The SMILES string of the molecule is O=C(CSc1nc(O)c(Cc2ccc(F)cc2)c(=O)[nH]1)N1C[C@@H]2C[C@H](C1)c1cccc(=O)n1C2. The molecule has 1 fully saturated rings. The van der Waals surface area contributed by atoms with Crippen molar-refractivity contribution in [3.8, 4) is 5.88 Å². The van der Waals surface area contributed by atoms with Crippen LogP contribution in [0.5, 0.6) is 5.88 Å². The lowest BCUT2D eigenvalue weighted by atomic mass is 9.83. The van der Waals surface area contributed by atoms with Crippen molar-refractivity contribution in [3.63, 3.8) is 0 Å². The fourth-order valence-electron chi connectivity index (χ4n) is 4.82. The van der Waals surface area contributed by atoms with E-state index in [1.165, 1.54) is 24.3 Å². The highest BCUT2D eigenvalue weighted by Crippen LogP contribution is 2.35. The molecule has 1 aromatic carbocycles. The topological polar surface area (TPSA) is 108 Å². The maximum Gasteiger partial charge on any atom is 0.258 e. The summed E-state index contributed by atoms with van der Waals surface area (Å²) in [6.45, 7) is 1.74. The smallest absolute Gasteiger partial charge is 0.258 e. The molecule has 2 atom stereocenters. The van der Waals surface area contributed by atoms with E-state index in [1.807, 2.05) is 15.5 Å². The number of amides is 1. The number of nitrogens with zero attached hydrogens (tertiary/aromatic N) is 3. The van der Waals surface area contributed by atoms with Crippen molar-refractivity contribution in [3.05, 3.63) is 85.8 Å². The zero-order valence-corrected chi connectivity index (χ0v) is 19.1. The van der Waals surface area contributed by atoms with Gasteiger partial charge in [0.25, 0.3) is 11.1 Å². The van der Waals surface area contributed by atoms with Crippen LogP contribution in [0.25, 0.3) is 0 Å². The first-order chi connectivity index (χ1) is 16.4. The lowest BCUT2D eigenvalue weighted by Gasteiger charge is -2.42. The van der Waals surface area contributed by atoms with Crippen LogP contribution >= 0.6 is 11.8 Å². The van der Waals surface area contributed by atoms with E-state index >= 15 is 0 Å². The Morgan fingerprint density at radius 3 is 2.71 bits per heavy atom. The number of rotatable bonds is 5. The highest BCUT2D eigenvalue weighted by atomic mass is 32.2. The maximum atomic E-state index is 13.1. The van der Waals surface area contributed by atoms with Crippen LogP contribution in [0.2, 0.25) is 0 Å². The molecule has 0 radical (unpaired) electrons. The Kier molecular flexibility index (Phi) is 5.99. The number of aromatic amines is 1. The van der Waals surface area contributed by atoms with Gasteiger partial charge in [-0.1, -0.05) is 30.0 Å². The largest absolute Gasteiger partial charge is 0.493 e. The number of hydrogen-bond acceptors (Lipinski definition) is 6. The Labute approximate surface area is 198 Å². The third kappa shape index (κ3) is 4.50. The van der Waals surface area contributed by atoms with Gasteiger partial charge in [-0.3, -0.25) is 14.4 Å². The second-order valence-electron chi connectivity index (χ2n) is 8.76. The van der Waals surface area contributed by atoms with Gasteiger partial charge in [-0.15, -0.1) is 0 Å². The van der Waals surface area contributed by atoms with Gasteiger partial charge in [-0.05, 0) is 36.1 Å². The molecule has 2 aliphatic heterocycles. The zero-order chi connectivity index (χ0) is 23.8. The molecule has 0 saturated carbocycles. The van der Waals surface area contributed by atoms with Crippen molar-refractivity contribution in [1.29, 1.82) is 0 Å². The summed E-state index contributed by atoms with van der Waals surface area (Å²) in [6, 6.07) is 10.9. The van der Waals surface area contributed by atoms with Gasteiger partial charge >= 0.3 is 0 Å². The lowest BCUT2D eigenvalue weighted by Crippen LogP contribution is -2.49. The van der Waals surface area contributed by atoms with Crippen LogP contribution in [0.15, 0.2) is 57.2 Å². The van der Waals surface area contributed by atoms with Crippen LogP contribution in [-0.4, -0.2) is 49.3 Å². The molecule has 2 aromatic heterocycles. The summed E-state index contributed by atoms with van der Waals surface area (Å²) < 4.78 is 14.9. The fourth-order valence-corrected chi connectivity index (χ4v) is 5.58. The molecule has 0 unspecified atom stereocenters. The number of nitrogens with one attached hydrogen (secondary N) is 1. The maximum absolute atomic E-state index is 13.1. The molecular formula is C24H23FN4O4S. The Balaban J connectivity index is 1.24. The number of hydrogen-bond donors (Lipinski definition) is 2. The second kappa shape index (κ2) is 9.09. The summed E-state index contributed by atoms with van der Waals surface area (Å²) >= 11 is 1.06. The number of pyridine rings is 1. The van der Waals surface area contributed by atoms with Crippen LogP contribution in [0.1, 0.15) is 29.2 Å². The average Bonchev–Trinajstić information content (AvgIpc) is 2.81. The zero-order valence-electron chi connectivity index (χ0n) is 18.2. The van der Waals surface area contributed by atoms with Gasteiger partial charge in [0, 0.05) is 43.7 Å². The number of aromatic nitrogens is 3. The Hall–Kier alpha value is -3.40. The van der Waals surface area contributed by atoms with Gasteiger partial charge in [0.05, 0.1) is 11.3 Å². The van der Waals surface area contributed by atoms with Crippen molar-refractivity contribution in [2.45, 2.75) is 30.5 Å². The lowest BCUT2D eigenvalue weighted by molar-refractivity contribution is -0.131. The third-order valence-electron chi connectivity index (χ3n) is 6.43. The Bertz CT molecular complexity index is 1350. The number of thioether (sulfide) groups is 1. The van der Waals surface area contributed by atoms with Crippen LogP contribution in [-0.2, 0) is 17.8 Å². The molecule has 4 heterocycles. The molecule has 8 nitrogen and oxygen atoms in total. The number of fused-ring (bicyclic) bond motifs is 4. The number of H-pyrrole nitrogens is 1. The predicted octanol–water partition coefficient (Wildman–Crippen LogP) is 2.11. The van der Waals surface area contributed by atoms with Crippen molar-refractivity contribution in [2.75, 3.05) is 18.8 Å². The monoisotopic (exact) mass is 482 g/mol. The Morgan fingerprint density at radius 1 is 1.15 bits per heavy atom. The second-order valence-corrected chi connectivity index (χ2v) is 9.73. The number of piperidine rings is 1. The fraction of sp³-hybridized carbons (Fsp3) is 0.333. The summed E-state index contributed by atoms with van der Waals surface area (Å²) in [5, 5.41) is 10.4. The first-order valence-electron chi connectivity index (χ1n) is 11.0. The van der Waals surface area contributed by atoms with Crippen LogP contribution < -0.4 is 11.1 Å². The number of halogens is 1. The number of likely N-dealkylation sites (tertiary alicyclic amines) is 1. The standard InChI is InChI=1S/C24H23FN4O4S/c25-17-6-4-14(5-7-17)9-18-22(32)26-24(27-23(18)33)34-13-21(31)28-10-15-8-16(12-28)19-2-1-3-20(30)29(19)11-15/h1-7,15-16H,8-13H2,(H2,26,27,32,33)/t15-,16+/m0/s1. The van der Waals surface area contributed by atoms with Crippen LogP contribution in [0.3, 0.4) is 0 Å². The number of carbonyl (C=O) groups excluding carboxylic acids is 1. The van der Waals surface area contributed by atoms with Crippen LogP contribution in [0, 0.1) is 11.7 Å². The number of carbonyl (C=O) groups is 1. The molecule has 2 aliphatic rings. The highest BCUT2D eigenvalue weighted by Gasteiger charge is 2.36. The summed E-state index contributed by atoms with van der Waals surface area (Å²) in [6.07, 6.45) is 1.07. The molecule has 5 rings (SSSR count). The average molecular weight is 483 g/mol. The van der Waals surface area contributed by atoms with E-state index in [-0.39, 0.29) is 52.0 Å². The molecule has 2 bridgehead atoms. The molecule has 0 aliphatic carbocycles. The summed E-state index contributed by atoms with van der Waals surface area (Å²) in [7, 11) is 0. The first-order valence-corrected chi connectivity index (χ1v) is 12.0. The molecule has 2 N–H and O–H groups in total. The molecule has 10 heteroatoms. The number of benzene rings is 1. The van der Waals surface area contributed by atoms with Crippen molar-refractivity contribution < 1.29 is 14.3 Å². The molecule has 0 spiro atoms. The highest BCUT2D eigenvalue weighted by molar-refractivity contribution is 7.99. The van der Waals surface area contributed by atoms with E-state index in [1.54, 1.807) is 12.1 Å². The van der Waals surface area contributed by atoms with Gasteiger partial charge in [0.1, 0.15) is 5.82 Å². The van der Waals surface area contributed by atoms with Crippen molar-refractivity contribution in [2.24, 2.45) is 5.92 Å². The summed E-state index contributed by atoms with van der Waals surface area (Å²) in [4.78, 5) is 46.0.